The van der Waals surface area contributed by atoms with Crippen LogP contribution in [0.4, 0.5) is 0 Å². The molecule has 0 N–H and O–H groups in total. The van der Waals surface area contributed by atoms with E-state index in [1.807, 2.05) is 6.07 Å². The fourth-order valence-electron chi connectivity index (χ4n) is 4.17. The number of hydrogen-bond donors (Lipinski definition) is 0. The first-order chi connectivity index (χ1) is 9.72. The molecule has 20 heavy (non-hydrogen) atoms. The van der Waals surface area contributed by atoms with Crippen LogP contribution in [0.2, 0.25) is 5.02 Å². The predicted octanol–water partition coefficient (Wildman–Crippen LogP) is 4.98. The molecule has 1 aromatic rings. The van der Waals surface area contributed by atoms with Crippen LogP contribution in [0, 0.1) is 17.8 Å². The van der Waals surface area contributed by atoms with Gasteiger partial charge in [-0.05, 0) is 48.6 Å². The molecular weight excluding hydrogens is 340 g/mol. The zero-order valence-electron chi connectivity index (χ0n) is 11.3. The van der Waals surface area contributed by atoms with Gasteiger partial charge >= 0.3 is 0 Å². The Bertz CT molecular complexity index is 533. The molecule has 2 nitrogen and oxygen atoms in total. The Hall–Kier alpha value is -0.410. The summed E-state index contributed by atoms with van der Waals surface area (Å²) in [4.78, 5) is 0.334. The van der Waals surface area contributed by atoms with Crippen LogP contribution in [0.5, 0.6) is 11.5 Å². The fraction of sp³-hybridized carbons (Fsp3) is 0.625. The molecule has 0 spiro atoms. The van der Waals surface area contributed by atoms with Gasteiger partial charge in [0.1, 0.15) is 13.2 Å². The van der Waals surface area contributed by atoms with Gasteiger partial charge in [0, 0.05) is 15.9 Å². The maximum atomic E-state index is 6.47. The van der Waals surface area contributed by atoms with E-state index in [0.29, 0.717) is 24.0 Å². The van der Waals surface area contributed by atoms with Crippen molar-refractivity contribution in [2.75, 3.05) is 13.2 Å². The summed E-state index contributed by atoms with van der Waals surface area (Å²) >= 11 is 10.4. The van der Waals surface area contributed by atoms with Crippen molar-refractivity contribution in [2.45, 2.75) is 30.5 Å². The summed E-state index contributed by atoms with van der Waals surface area (Å²) < 4.78 is 11.3. The van der Waals surface area contributed by atoms with E-state index in [2.05, 4.69) is 22.0 Å². The highest BCUT2D eigenvalue weighted by Crippen LogP contribution is 2.56. The quantitative estimate of drug-likeness (QED) is 0.695. The molecular formula is C16H18BrClO2. The molecule has 1 heterocycles. The number of rotatable bonds is 2. The summed E-state index contributed by atoms with van der Waals surface area (Å²) in [5.41, 5.74) is 1.16. The summed E-state index contributed by atoms with van der Waals surface area (Å²) in [5, 5.41) is 0.791. The largest absolute Gasteiger partial charge is 0.486 e. The average molecular weight is 358 g/mol. The molecule has 0 saturated heterocycles. The third-order valence-corrected chi connectivity index (χ3v) is 6.63. The third kappa shape index (κ3) is 2.14. The van der Waals surface area contributed by atoms with E-state index in [4.69, 9.17) is 21.1 Å². The highest BCUT2D eigenvalue weighted by Gasteiger charge is 2.43. The number of halogens is 2. The smallest absolute Gasteiger partial charge is 0.162 e. The summed E-state index contributed by atoms with van der Waals surface area (Å²) in [7, 11) is 0. The van der Waals surface area contributed by atoms with Gasteiger partial charge in [-0.3, -0.25) is 0 Å². The van der Waals surface area contributed by atoms with Crippen molar-refractivity contribution in [2.24, 2.45) is 17.8 Å². The first-order valence-corrected chi connectivity index (χ1v) is 8.75. The molecule has 1 aromatic carbocycles. The molecule has 0 amide bonds. The fourth-order valence-corrected chi connectivity index (χ4v) is 5.60. The Morgan fingerprint density at radius 2 is 1.85 bits per heavy atom. The maximum absolute atomic E-state index is 6.47. The maximum Gasteiger partial charge on any atom is 0.162 e. The number of benzene rings is 1. The van der Waals surface area contributed by atoms with Crippen molar-refractivity contribution < 1.29 is 9.47 Å². The van der Waals surface area contributed by atoms with E-state index in [0.717, 1.165) is 33.9 Å². The molecule has 1 aliphatic heterocycles. The molecule has 108 valence electrons. The summed E-state index contributed by atoms with van der Waals surface area (Å²) in [6, 6.07) is 3.98. The van der Waals surface area contributed by atoms with Crippen molar-refractivity contribution in [3.05, 3.63) is 22.7 Å². The first kappa shape index (κ1) is 13.3. The molecule has 2 fully saturated rings. The van der Waals surface area contributed by atoms with E-state index >= 15 is 0 Å². The van der Waals surface area contributed by atoms with Crippen LogP contribution in [0.3, 0.4) is 0 Å². The molecule has 2 bridgehead atoms. The van der Waals surface area contributed by atoms with Gasteiger partial charge in [0.15, 0.2) is 11.5 Å². The van der Waals surface area contributed by atoms with Crippen molar-refractivity contribution in [3.8, 4) is 11.5 Å². The van der Waals surface area contributed by atoms with Crippen LogP contribution < -0.4 is 9.47 Å². The van der Waals surface area contributed by atoms with E-state index in [1.54, 1.807) is 0 Å². The molecule has 2 saturated carbocycles. The van der Waals surface area contributed by atoms with E-state index in [1.165, 1.54) is 25.7 Å². The van der Waals surface area contributed by atoms with Crippen molar-refractivity contribution in [1.29, 1.82) is 0 Å². The molecule has 0 aromatic heterocycles. The van der Waals surface area contributed by atoms with Gasteiger partial charge in [0.05, 0.1) is 0 Å². The van der Waals surface area contributed by atoms with Gasteiger partial charge in [0.2, 0.25) is 0 Å². The van der Waals surface area contributed by atoms with Crippen LogP contribution in [0.1, 0.15) is 36.1 Å². The summed E-state index contributed by atoms with van der Waals surface area (Å²) in [5.74, 6) is 4.14. The molecule has 4 atom stereocenters. The highest BCUT2D eigenvalue weighted by atomic mass is 79.9. The SMILES string of the molecule is Clc1cc2c(cc1C(Br)C1CC3CCC1C3)OCCO2. The lowest BCUT2D eigenvalue weighted by molar-refractivity contribution is 0.171. The third-order valence-electron chi connectivity index (χ3n) is 5.13. The average Bonchev–Trinajstić information content (AvgIpc) is 3.08. The normalized spacial score (nSPS) is 32.4. The minimum atomic E-state index is 0.334. The lowest BCUT2D eigenvalue weighted by Crippen LogP contribution is -2.18. The van der Waals surface area contributed by atoms with Crippen LogP contribution in [0.15, 0.2) is 12.1 Å². The summed E-state index contributed by atoms with van der Waals surface area (Å²) in [6.07, 6.45) is 5.57. The molecule has 4 heteroatoms. The van der Waals surface area contributed by atoms with Gasteiger partial charge < -0.3 is 9.47 Å². The van der Waals surface area contributed by atoms with Crippen molar-refractivity contribution in [1.82, 2.24) is 0 Å². The Balaban J connectivity index is 1.64. The number of hydrogen-bond acceptors (Lipinski definition) is 2. The highest BCUT2D eigenvalue weighted by molar-refractivity contribution is 9.09. The Labute approximate surface area is 132 Å². The van der Waals surface area contributed by atoms with Crippen LogP contribution in [0.25, 0.3) is 0 Å². The lowest BCUT2D eigenvalue weighted by atomic mass is 9.84. The Morgan fingerprint density at radius 3 is 2.50 bits per heavy atom. The number of ether oxygens (including phenoxy) is 2. The van der Waals surface area contributed by atoms with Gasteiger partial charge in [-0.1, -0.05) is 34.0 Å². The molecule has 0 radical (unpaired) electrons. The topological polar surface area (TPSA) is 18.5 Å². The predicted molar refractivity (Wildman–Crippen MR) is 83.0 cm³/mol. The molecule has 3 aliphatic rings. The molecule has 4 rings (SSSR count). The van der Waals surface area contributed by atoms with Crippen molar-refractivity contribution in [3.63, 3.8) is 0 Å². The molecule has 4 unspecified atom stereocenters. The van der Waals surface area contributed by atoms with E-state index in [9.17, 15) is 0 Å². The number of fused-ring (bicyclic) bond motifs is 3. The lowest BCUT2D eigenvalue weighted by Gasteiger charge is -2.28. The van der Waals surface area contributed by atoms with Crippen LogP contribution in [-0.2, 0) is 0 Å². The van der Waals surface area contributed by atoms with Gasteiger partial charge in [-0.2, -0.15) is 0 Å². The number of alkyl halides is 1. The minimum Gasteiger partial charge on any atom is -0.486 e. The zero-order valence-corrected chi connectivity index (χ0v) is 13.6. The first-order valence-electron chi connectivity index (χ1n) is 7.45. The van der Waals surface area contributed by atoms with E-state index in [-0.39, 0.29) is 0 Å². The van der Waals surface area contributed by atoms with Crippen LogP contribution >= 0.6 is 27.5 Å². The zero-order chi connectivity index (χ0) is 13.7. The van der Waals surface area contributed by atoms with Gasteiger partial charge in [-0.25, -0.2) is 0 Å². The second kappa shape index (κ2) is 5.10. The van der Waals surface area contributed by atoms with Gasteiger partial charge in [0.25, 0.3) is 0 Å². The Morgan fingerprint density at radius 1 is 1.10 bits per heavy atom. The van der Waals surface area contributed by atoms with Gasteiger partial charge in [-0.15, -0.1) is 0 Å². The monoisotopic (exact) mass is 356 g/mol. The second-order valence-corrected chi connectivity index (χ2v) is 7.65. The second-order valence-electron chi connectivity index (χ2n) is 6.26. The van der Waals surface area contributed by atoms with Crippen molar-refractivity contribution >= 4 is 27.5 Å². The molecule has 2 aliphatic carbocycles. The van der Waals surface area contributed by atoms with E-state index < -0.39 is 0 Å². The van der Waals surface area contributed by atoms with Crippen LogP contribution in [-0.4, -0.2) is 13.2 Å². The Kier molecular flexibility index (Phi) is 3.38. The standard InChI is InChI=1S/C16H18BrClO2/c17-16(11-6-9-1-2-10(11)5-9)12-7-14-15(8-13(12)18)20-4-3-19-14/h7-11,16H,1-6H2. The minimum absolute atomic E-state index is 0.334. The summed E-state index contributed by atoms with van der Waals surface area (Å²) in [6.45, 7) is 1.22.